The number of hydrogen-bond donors (Lipinski definition) is 2. The Hall–Kier alpha value is -2.27. The summed E-state index contributed by atoms with van der Waals surface area (Å²) in [5.41, 5.74) is 2.98. The largest absolute Gasteiger partial charge is 0.352 e. The summed E-state index contributed by atoms with van der Waals surface area (Å²) < 4.78 is 0. The molecule has 5 heteroatoms. The van der Waals surface area contributed by atoms with Crippen LogP contribution < -0.4 is 10.6 Å². The molecule has 0 saturated heterocycles. The van der Waals surface area contributed by atoms with Crippen molar-refractivity contribution in [3.05, 3.63) is 59.7 Å². The second-order valence-corrected chi connectivity index (χ2v) is 6.45. The molecule has 1 heterocycles. The molecule has 0 radical (unpaired) electrons. The number of anilines is 1. The van der Waals surface area contributed by atoms with Gasteiger partial charge in [0.05, 0.1) is 11.4 Å². The van der Waals surface area contributed by atoms with Crippen molar-refractivity contribution in [1.29, 1.82) is 0 Å². The summed E-state index contributed by atoms with van der Waals surface area (Å²) in [7, 11) is 0. The summed E-state index contributed by atoms with van der Waals surface area (Å²) >= 11 is 1.54. The molecule has 0 saturated carbocycles. The van der Waals surface area contributed by atoms with Crippen molar-refractivity contribution in [2.45, 2.75) is 24.3 Å². The third kappa shape index (κ3) is 4.36. The van der Waals surface area contributed by atoms with Gasteiger partial charge >= 0.3 is 0 Å². The quantitative estimate of drug-likeness (QED) is 0.888. The minimum Gasteiger partial charge on any atom is -0.352 e. The van der Waals surface area contributed by atoms with Gasteiger partial charge in [0, 0.05) is 17.9 Å². The molecule has 0 aliphatic carbocycles. The normalized spacial score (nSPS) is 13.1. The monoisotopic (exact) mass is 326 g/mol. The zero-order valence-corrected chi connectivity index (χ0v) is 13.5. The highest BCUT2D eigenvalue weighted by Gasteiger charge is 2.15. The van der Waals surface area contributed by atoms with E-state index in [1.807, 2.05) is 48.5 Å². The fraction of sp³-hybridized carbons (Fsp3) is 0.222. The highest BCUT2D eigenvalue weighted by molar-refractivity contribution is 8.00. The van der Waals surface area contributed by atoms with Gasteiger partial charge in [-0.3, -0.25) is 9.59 Å². The highest BCUT2D eigenvalue weighted by Crippen LogP contribution is 2.31. The molecule has 0 atom stereocenters. The Bertz CT molecular complexity index is 716. The third-order valence-electron chi connectivity index (χ3n) is 3.65. The number of rotatable bonds is 5. The molecule has 118 valence electrons. The summed E-state index contributed by atoms with van der Waals surface area (Å²) in [5.74, 6) is 0.513. The van der Waals surface area contributed by atoms with E-state index in [1.165, 1.54) is 11.8 Å². The smallest absolute Gasteiger partial charge is 0.234 e. The molecule has 0 spiro atoms. The average Bonchev–Trinajstić information content (AvgIpc) is 2.58. The predicted octanol–water partition coefficient (Wildman–Crippen LogP) is 2.98. The van der Waals surface area contributed by atoms with Gasteiger partial charge in [0.25, 0.3) is 0 Å². The Labute approximate surface area is 139 Å². The van der Waals surface area contributed by atoms with Crippen molar-refractivity contribution in [1.82, 2.24) is 5.32 Å². The zero-order valence-electron chi connectivity index (χ0n) is 12.7. The molecule has 3 rings (SSSR count). The Morgan fingerprint density at radius 1 is 1.13 bits per heavy atom. The van der Waals surface area contributed by atoms with Crippen molar-refractivity contribution in [3.8, 4) is 0 Å². The maximum Gasteiger partial charge on any atom is 0.234 e. The summed E-state index contributed by atoms with van der Waals surface area (Å²) in [5, 5.41) is 5.79. The van der Waals surface area contributed by atoms with Gasteiger partial charge in [-0.15, -0.1) is 11.8 Å². The summed E-state index contributed by atoms with van der Waals surface area (Å²) in [6.07, 6.45) is 1.21. The van der Waals surface area contributed by atoms with Crippen LogP contribution in [0.3, 0.4) is 0 Å². The zero-order chi connectivity index (χ0) is 16.1. The Balaban J connectivity index is 1.51. The molecule has 2 amide bonds. The Morgan fingerprint density at radius 3 is 2.78 bits per heavy atom. The molecule has 1 aliphatic rings. The molecule has 1 aliphatic heterocycles. The van der Waals surface area contributed by atoms with Crippen molar-refractivity contribution < 1.29 is 9.59 Å². The number of thioether (sulfide) groups is 1. The minimum absolute atomic E-state index is 0.0200. The molecule has 4 nitrogen and oxygen atoms in total. The Morgan fingerprint density at radius 2 is 1.96 bits per heavy atom. The summed E-state index contributed by atoms with van der Waals surface area (Å²) in [6.45, 7) is 0.474. The van der Waals surface area contributed by atoms with Crippen LogP contribution in [0.1, 0.15) is 17.5 Å². The van der Waals surface area contributed by atoms with E-state index in [0.29, 0.717) is 18.7 Å². The number of carbonyl (C=O) groups excluding carboxylic acids is 2. The number of aryl methyl sites for hydroxylation is 1. The molecular weight excluding hydrogens is 308 g/mol. The van der Waals surface area contributed by atoms with Gasteiger partial charge in [0.2, 0.25) is 11.8 Å². The van der Waals surface area contributed by atoms with Crippen LogP contribution >= 0.6 is 11.8 Å². The number of benzene rings is 2. The van der Waals surface area contributed by atoms with Crippen LogP contribution in [-0.2, 0) is 22.6 Å². The lowest BCUT2D eigenvalue weighted by Gasteiger charge is -2.17. The summed E-state index contributed by atoms with van der Waals surface area (Å²) in [6, 6.07) is 15.9. The number of amides is 2. The van der Waals surface area contributed by atoms with Crippen LogP contribution in [0.5, 0.6) is 0 Å². The van der Waals surface area contributed by atoms with E-state index in [1.54, 1.807) is 0 Å². The van der Waals surface area contributed by atoms with Gasteiger partial charge in [0.15, 0.2) is 0 Å². The second kappa shape index (κ2) is 7.33. The van der Waals surface area contributed by atoms with E-state index in [0.717, 1.165) is 28.1 Å². The van der Waals surface area contributed by atoms with Crippen molar-refractivity contribution in [2.75, 3.05) is 11.1 Å². The molecule has 0 aromatic heterocycles. The van der Waals surface area contributed by atoms with E-state index >= 15 is 0 Å². The van der Waals surface area contributed by atoms with Gasteiger partial charge in [-0.1, -0.05) is 36.4 Å². The molecule has 2 aromatic rings. The third-order valence-corrected chi connectivity index (χ3v) is 4.72. The molecule has 0 bridgehead atoms. The van der Waals surface area contributed by atoms with Crippen LogP contribution in [0.4, 0.5) is 5.69 Å². The molecule has 2 N–H and O–H groups in total. The first-order valence-electron chi connectivity index (χ1n) is 7.57. The first-order valence-corrected chi connectivity index (χ1v) is 8.55. The van der Waals surface area contributed by atoms with Crippen LogP contribution in [0.25, 0.3) is 0 Å². The van der Waals surface area contributed by atoms with Gasteiger partial charge in [-0.25, -0.2) is 0 Å². The fourth-order valence-electron chi connectivity index (χ4n) is 2.43. The number of fused-ring (bicyclic) bond motifs is 1. The van der Waals surface area contributed by atoms with Gasteiger partial charge < -0.3 is 10.6 Å². The van der Waals surface area contributed by atoms with Gasteiger partial charge in [-0.05, 0) is 29.7 Å². The molecule has 2 aromatic carbocycles. The van der Waals surface area contributed by atoms with Crippen molar-refractivity contribution >= 4 is 29.3 Å². The minimum atomic E-state index is 0.0200. The van der Waals surface area contributed by atoms with Crippen LogP contribution in [-0.4, -0.2) is 17.6 Å². The predicted molar refractivity (Wildman–Crippen MR) is 92.4 cm³/mol. The number of hydrogen-bond acceptors (Lipinski definition) is 3. The maximum absolute atomic E-state index is 11.9. The van der Waals surface area contributed by atoms with E-state index in [4.69, 9.17) is 0 Å². The fourth-order valence-corrected chi connectivity index (χ4v) is 3.22. The topological polar surface area (TPSA) is 58.2 Å². The highest BCUT2D eigenvalue weighted by atomic mass is 32.2. The number of carbonyl (C=O) groups is 2. The number of nitrogens with one attached hydrogen (secondary N) is 2. The lowest BCUT2D eigenvalue weighted by Crippen LogP contribution is -2.23. The summed E-state index contributed by atoms with van der Waals surface area (Å²) in [4.78, 5) is 24.4. The molecule has 0 fully saturated rings. The van der Waals surface area contributed by atoms with Gasteiger partial charge in [-0.2, -0.15) is 0 Å². The molecule has 23 heavy (non-hydrogen) atoms. The van der Waals surface area contributed by atoms with E-state index in [2.05, 4.69) is 10.6 Å². The van der Waals surface area contributed by atoms with E-state index < -0.39 is 0 Å². The SMILES string of the molecule is O=C(CCc1ccccc1)NCc1ccc2c(c1)NC(=O)CS2. The molecular formula is C18H18N2O2S. The molecule has 0 unspecified atom stereocenters. The lowest BCUT2D eigenvalue weighted by atomic mass is 10.1. The Kier molecular flexibility index (Phi) is 4.98. The standard InChI is InChI=1S/C18H18N2O2S/c21-17(9-7-13-4-2-1-3-5-13)19-11-14-6-8-16-15(10-14)20-18(22)12-23-16/h1-6,8,10H,7,9,11-12H2,(H,19,21)(H,20,22). The van der Waals surface area contributed by atoms with Crippen molar-refractivity contribution in [3.63, 3.8) is 0 Å². The first kappa shape index (κ1) is 15.6. The first-order chi connectivity index (χ1) is 11.2. The van der Waals surface area contributed by atoms with E-state index in [-0.39, 0.29) is 11.8 Å². The van der Waals surface area contributed by atoms with Crippen molar-refractivity contribution in [2.24, 2.45) is 0 Å². The average molecular weight is 326 g/mol. The van der Waals surface area contributed by atoms with E-state index in [9.17, 15) is 9.59 Å². The van der Waals surface area contributed by atoms with Crippen LogP contribution in [0.2, 0.25) is 0 Å². The maximum atomic E-state index is 11.9. The second-order valence-electron chi connectivity index (χ2n) is 5.43. The lowest BCUT2D eigenvalue weighted by molar-refractivity contribution is -0.121. The van der Waals surface area contributed by atoms with Crippen LogP contribution in [0.15, 0.2) is 53.4 Å². The van der Waals surface area contributed by atoms with Crippen LogP contribution in [0, 0.1) is 0 Å². The van der Waals surface area contributed by atoms with Gasteiger partial charge in [0.1, 0.15) is 0 Å².